The minimum atomic E-state index is -5.68. The number of unbranched alkanes of at least 4 members (excludes halogenated alkanes) is 48. The molecule has 2 aliphatic heterocycles. The number of nitrogens with zero attached hydrogens (tertiary/aromatic N) is 1. The van der Waals surface area contributed by atoms with Gasteiger partial charge in [0.25, 0.3) is 0 Å². The number of Topliss-reactive ketones (excluding diaryl/α,β-unsaturated/α-hetero) is 1. The molecule has 0 aliphatic carbocycles. The van der Waals surface area contributed by atoms with Gasteiger partial charge in [-0.25, -0.2) is 4.57 Å². The van der Waals surface area contributed by atoms with Gasteiger partial charge in [-0.05, 0) is 70.6 Å². The van der Waals surface area contributed by atoms with Crippen molar-refractivity contribution in [3.8, 4) is 0 Å². The van der Waals surface area contributed by atoms with Gasteiger partial charge in [0.15, 0.2) is 17.7 Å². The van der Waals surface area contributed by atoms with E-state index in [1.807, 2.05) is 0 Å². The van der Waals surface area contributed by atoms with Crippen LogP contribution in [0.5, 0.6) is 0 Å². The molecule has 0 bridgehead atoms. The number of ketones is 1. The molecule has 0 saturated carbocycles. The lowest BCUT2D eigenvalue weighted by Gasteiger charge is -2.50. The zero-order valence-corrected chi connectivity index (χ0v) is 71.6. The van der Waals surface area contributed by atoms with Crippen molar-refractivity contribution >= 4 is 43.3 Å². The van der Waals surface area contributed by atoms with Crippen LogP contribution in [0.3, 0.4) is 0 Å². The van der Waals surface area contributed by atoms with Gasteiger partial charge in [0, 0.05) is 32.2 Å². The van der Waals surface area contributed by atoms with Crippen molar-refractivity contribution in [2.75, 3.05) is 19.8 Å². The molecule has 5 N–H and O–H groups in total. The largest absolute Gasteiger partial charge is 0.470 e. The van der Waals surface area contributed by atoms with Crippen LogP contribution < -0.4 is 5.32 Å². The van der Waals surface area contributed by atoms with E-state index in [1.165, 1.54) is 141 Å². The van der Waals surface area contributed by atoms with E-state index in [0.717, 1.165) is 173 Å². The van der Waals surface area contributed by atoms with E-state index in [1.54, 1.807) is 4.90 Å². The van der Waals surface area contributed by atoms with Gasteiger partial charge in [0.1, 0.15) is 36.6 Å². The minimum absolute atomic E-state index is 0.0498. The normalized spacial score (nSPS) is 18.9. The second-order valence-electron chi connectivity index (χ2n) is 32.8. The second-order valence-corrected chi connectivity index (χ2v) is 34.0. The average Bonchev–Trinajstić information content (AvgIpc) is 1.14. The SMILES string of the molecule is CCCCCCCCCCCC(=O)O[C@H](CCCCCCCCCCC)CC(=O)N[C@H]1[C@H](OC[C@@H]2CCCN2C(=O)C[C@@H](CCCCCCCCCCC)OC(=O)CCCCCCCCCCC)O[C@H](CO)[C@@H](OP(=O)(O)O)[C@@]1(O)C(=O)C[C@@H](CCCCCCCCCCC)OC(=O)CCCCCCCCCCC. The first-order valence-corrected chi connectivity index (χ1v) is 47.5. The van der Waals surface area contributed by atoms with E-state index in [9.17, 15) is 43.7 Å². The number of phosphoric acid groups is 1. The number of hydrogen-bond donors (Lipinski definition) is 5. The number of aliphatic hydroxyl groups excluding tert-OH is 1. The Hall–Kier alpha value is -3.03. The van der Waals surface area contributed by atoms with E-state index in [-0.39, 0.29) is 50.6 Å². The van der Waals surface area contributed by atoms with Crippen molar-refractivity contribution in [1.82, 2.24) is 10.2 Å². The van der Waals surface area contributed by atoms with Gasteiger partial charge in [-0.2, -0.15) is 0 Å². The van der Waals surface area contributed by atoms with Gasteiger partial charge in [-0.1, -0.05) is 350 Å². The highest BCUT2D eigenvalue weighted by atomic mass is 31.2. The highest BCUT2D eigenvalue weighted by molar-refractivity contribution is 7.46. The molecule has 9 atom stereocenters. The van der Waals surface area contributed by atoms with Crippen molar-refractivity contribution < 1.29 is 81.5 Å². The molecule has 2 fully saturated rings. The number of nitrogens with one attached hydrogen (secondary N) is 1. The van der Waals surface area contributed by atoms with Crippen LogP contribution in [0, 0.1) is 0 Å². The van der Waals surface area contributed by atoms with Gasteiger partial charge in [0.05, 0.1) is 32.1 Å². The molecule has 2 heterocycles. The minimum Gasteiger partial charge on any atom is -0.462 e. The first-order valence-electron chi connectivity index (χ1n) is 45.9. The van der Waals surface area contributed by atoms with E-state index in [4.69, 9.17) is 28.2 Å². The summed E-state index contributed by atoms with van der Waals surface area (Å²) >= 11 is 0. The lowest BCUT2D eigenvalue weighted by molar-refractivity contribution is -0.291. The predicted octanol–water partition coefficient (Wildman–Crippen LogP) is 22.4. The predicted molar refractivity (Wildman–Crippen MR) is 440 cm³/mol. The number of ether oxygens (including phenoxy) is 5. The molecule has 109 heavy (non-hydrogen) atoms. The van der Waals surface area contributed by atoms with Gasteiger partial charge in [-0.15, -0.1) is 0 Å². The average molecular weight is 1570 g/mol. The van der Waals surface area contributed by atoms with Gasteiger partial charge in [0.2, 0.25) is 11.8 Å². The molecule has 0 aromatic rings. The number of aliphatic hydroxyl groups is 2. The molecule has 2 amide bonds. The quantitative estimate of drug-likeness (QED) is 0.0164. The Morgan fingerprint density at radius 3 is 1.06 bits per heavy atom. The Bertz CT molecular complexity index is 2290. The van der Waals surface area contributed by atoms with E-state index >= 15 is 9.59 Å². The van der Waals surface area contributed by atoms with E-state index < -0.39 is 105 Å². The van der Waals surface area contributed by atoms with Crippen LogP contribution in [0.2, 0.25) is 0 Å². The molecule has 0 unspecified atom stereocenters. The molecule has 0 radical (unpaired) electrons. The molecule has 2 saturated heterocycles. The molecule has 19 nitrogen and oxygen atoms in total. The number of phosphoric ester groups is 1. The fraction of sp³-hybridized carbons (Fsp3) is 0.933. The van der Waals surface area contributed by atoms with Crippen LogP contribution in [0.15, 0.2) is 0 Å². The molecule has 640 valence electrons. The molecule has 0 aromatic carbocycles. The van der Waals surface area contributed by atoms with Crippen LogP contribution >= 0.6 is 7.82 Å². The number of rotatable bonds is 77. The molecular weight excluding hydrogens is 1400 g/mol. The first kappa shape index (κ1) is 102. The fourth-order valence-electron chi connectivity index (χ4n) is 15.9. The van der Waals surface area contributed by atoms with Crippen molar-refractivity contribution in [1.29, 1.82) is 0 Å². The van der Waals surface area contributed by atoms with E-state index in [2.05, 4.69) is 46.9 Å². The summed E-state index contributed by atoms with van der Waals surface area (Å²) in [6, 6.07) is -2.63. The van der Waals surface area contributed by atoms with Crippen molar-refractivity contribution in [2.24, 2.45) is 0 Å². The smallest absolute Gasteiger partial charge is 0.462 e. The molecule has 0 aromatic heterocycles. The van der Waals surface area contributed by atoms with Gasteiger partial charge < -0.3 is 53.9 Å². The maximum atomic E-state index is 15.8. The Balaban J connectivity index is 2.69. The number of carbonyl (C=O) groups is 6. The molecular formula is C89H167N2O17P. The Kier molecular flexibility index (Phi) is 63.9. The number of esters is 3. The monoisotopic (exact) mass is 1570 g/mol. The Labute approximate surface area is 665 Å². The topological polar surface area (TPSA) is 271 Å². The lowest BCUT2D eigenvalue weighted by Crippen LogP contribution is -2.75. The van der Waals surface area contributed by atoms with Crippen molar-refractivity contribution in [3.63, 3.8) is 0 Å². The number of carbonyl (C=O) groups excluding carboxylic acids is 6. The fourth-order valence-corrected chi connectivity index (χ4v) is 16.5. The first-order chi connectivity index (χ1) is 52.9. The Morgan fingerprint density at radius 2 is 0.743 bits per heavy atom. The maximum Gasteiger partial charge on any atom is 0.470 e. The zero-order chi connectivity index (χ0) is 79.7. The van der Waals surface area contributed by atoms with Gasteiger partial charge >= 0.3 is 25.7 Å². The third-order valence-corrected chi connectivity index (χ3v) is 23.1. The standard InChI is InChI=1S/C89H167N2O17P/c1-7-13-19-25-31-37-43-49-55-63-76(104-83(96)66-58-52-46-40-34-28-22-16-10-4)70-80(93)89(99)86(90-81(94)71-77(64-56-50-44-38-32-26-20-14-8-2)105-84(97)67-59-53-47-41-35-29-23-17-11-5)88(107-79(73-92)87(89)108-109(100,101)102)103-74-75-62-61-69-91(75)82(95)72-78(65-57-51-45-39-33-27-21-15-9-3)106-85(98)68-60-54-48-42-36-30-24-18-12-6/h75-79,86-88,92,99H,7-74H2,1-6H3,(H,90,94)(H2,100,101,102)/t75-,76+,77+,78+,79+,86-,87+,88+,89+/m0/s1. The molecule has 2 aliphatic rings. The third kappa shape index (κ3) is 51.5. The van der Waals surface area contributed by atoms with Crippen LogP contribution in [-0.2, 0) is 61.5 Å². The zero-order valence-electron chi connectivity index (χ0n) is 70.7. The summed E-state index contributed by atoms with van der Waals surface area (Å²) < 4.78 is 50.2. The summed E-state index contributed by atoms with van der Waals surface area (Å²) in [6.45, 7) is 12.2. The van der Waals surface area contributed by atoms with Gasteiger partial charge in [-0.3, -0.25) is 33.3 Å². The highest BCUT2D eigenvalue weighted by Gasteiger charge is 2.63. The summed E-state index contributed by atoms with van der Waals surface area (Å²) in [7, 11) is -5.68. The van der Waals surface area contributed by atoms with Crippen LogP contribution in [0.25, 0.3) is 0 Å². The molecule has 20 heteroatoms. The highest BCUT2D eigenvalue weighted by Crippen LogP contribution is 2.46. The van der Waals surface area contributed by atoms with Crippen LogP contribution in [0.4, 0.5) is 0 Å². The van der Waals surface area contributed by atoms with Crippen LogP contribution in [0.1, 0.15) is 459 Å². The summed E-state index contributed by atoms with van der Waals surface area (Å²) in [5.74, 6) is -3.45. The summed E-state index contributed by atoms with van der Waals surface area (Å²) in [5.41, 5.74) is -3.15. The third-order valence-electron chi connectivity index (χ3n) is 22.6. The lowest BCUT2D eigenvalue weighted by atomic mass is 9.76. The number of amides is 2. The summed E-state index contributed by atoms with van der Waals surface area (Å²) in [4.78, 5) is 110. The summed E-state index contributed by atoms with van der Waals surface area (Å²) in [6.07, 6.45) is 49.9. The van der Waals surface area contributed by atoms with Crippen molar-refractivity contribution in [2.45, 2.75) is 513 Å². The van der Waals surface area contributed by atoms with E-state index in [0.29, 0.717) is 64.3 Å². The maximum absolute atomic E-state index is 15.8. The van der Waals surface area contributed by atoms with Crippen molar-refractivity contribution in [3.05, 3.63) is 0 Å². The second kappa shape index (κ2) is 68.2. The van der Waals surface area contributed by atoms with Crippen LogP contribution in [-0.4, -0.2) is 135 Å². The Morgan fingerprint density at radius 1 is 0.440 bits per heavy atom. The summed E-state index contributed by atoms with van der Waals surface area (Å²) in [5, 5.41) is 27.7. The number of hydrogen-bond acceptors (Lipinski definition) is 15. The molecule has 2 rings (SSSR count). The number of likely N-dealkylation sites (tertiary alicyclic amines) is 1. The molecule has 0 spiro atoms.